The zero-order valence-electron chi connectivity index (χ0n) is 19.3. The highest BCUT2D eigenvalue weighted by atomic mass is 16.3. The van der Waals surface area contributed by atoms with Gasteiger partial charge in [0.05, 0.1) is 11.6 Å². The van der Waals surface area contributed by atoms with E-state index in [1.807, 2.05) is 50.2 Å². The molecular formula is C29H27NO4. The molecule has 1 fully saturated rings. The summed E-state index contributed by atoms with van der Waals surface area (Å²) in [6, 6.07) is 17.0. The van der Waals surface area contributed by atoms with E-state index in [1.165, 1.54) is 28.2 Å². The van der Waals surface area contributed by atoms with E-state index >= 15 is 0 Å². The van der Waals surface area contributed by atoms with Crippen molar-refractivity contribution in [1.29, 1.82) is 0 Å². The Balaban J connectivity index is 1.72. The Morgan fingerprint density at radius 3 is 2.35 bits per heavy atom. The van der Waals surface area contributed by atoms with Crippen LogP contribution in [0.1, 0.15) is 52.3 Å². The molecule has 1 unspecified atom stereocenters. The van der Waals surface area contributed by atoms with Gasteiger partial charge in [-0.2, -0.15) is 0 Å². The van der Waals surface area contributed by atoms with E-state index in [2.05, 4.69) is 0 Å². The number of fused-ring (bicyclic) bond motifs is 1. The maximum atomic E-state index is 13.4. The quantitative estimate of drug-likeness (QED) is 0.311. The predicted molar refractivity (Wildman–Crippen MR) is 132 cm³/mol. The number of nitrogens with zero attached hydrogens (tertiary/aromatic N) is 1. The first-order valence-corrected chi connectivity index (χ1v) is 11.6. The fourth-order valence-corrected chi connectivity index (χ4v) is 5.09. The summed E-state index contributed by atoms with van der Waals surface area (Å²) in [4.78, 5) is 28.2. The van der Waals surface area contributed by atoms with Gasteiger partial charge in [0.1, 0.15) is 11.5 Å². The van der Waals surface area contributed by atoms with Gasteiger partial charge in [0.2, 0.25) is 0 Å². The van der Waals surface area contributed by atoms with Gasteiger partial charge in [0.15, 0.2) is 0 Å². The summed E-state index contributed by atoms with van der Waals surface area (Å²) in [6.45, 7) is 3.87. The van der Waals surface area contributed by atoms with Crippen LogP contribution in [-0.2, 0) is 22.4 Å². The molecule has 0 bridgehead atoms. The normalized spacial score (nSPS) is 19.4. The van der Waals surface area contributed by atoms with Crippen molar-refractivity contribution < 1.29 is 19.8 Å². The summed E-state index contributed by atoms with van der Waals surface area (Å²) in [7, 11) is 0. The second-order valence-corrected chi connectivity index (χ2v) is 9.17. The molecule has 1 atom stereocenters. The Morgan fingerprint density at radius 2 is 1.62 bits per heavy atom. The van der Waals surface area contributed by atoms with Crippen molar-refractivity contribution in [1.82, 2.24) is 0 Å². The summed E-state index contributed by atoms with van der Waals surface area (Å²) in [5, 5.41) is 21.2. The number of aromatic hydroxyl groups is 1. The monoisotopic (exact) mass is 453 g/mol. The lowest BCUT2D eigenvalue weighted by Gasteiger charge is -2.27. The fraction of sp³-hybridized carbons (Fsp3) is 0.241. The minimum absolute atomic E-state index is 0.0624. The number of aliphatic hydroxyl groups excluding tert-OH is 1. The van der Waals surface area contributed by atoms with Crippen LogP contribution in [0, 0.1) is 13.8 Å². The van der Waals surface area contributed by atoms with Crippen molar-refractivity contribution in [3.05, 3.63) is 99.6 Å². The molecule has 3 aromatic carbocycles. The Kier molecular flexibility index (Phi) is 5.48. The van der Waals surface area contributed by atoms with Crippen LogP contribution in [-0.4, -0.2) is 21.9 Å². The molecule has 1 saturated heterocycles. The second-order valence-electron chi connectivity index (χ2n) is 9.17. The van der Waals surface area contributed by atoms with Crippen molar-refractivity contribution in [2.45, 2.75) is 45.6 Å². The highest BCUT2D eigenvalue weighted by Crippen LogP contribution is 2.44. The number of carbonyl (C=O) groups is 2. The van der Waals surface area contributed by atoms with Crippen molar-refractivity contribution in [2.75, 3.05) is 4.90 Å². The number of anilines is 1. The van der Waals surface area contributed by atoms with Crippen LogP contribution < -0.4 is 4.90 Å². The van der Waals surface area contributed by atoms with Crippen LogP contribution in [0.25, 0.3) is 5.76 Å². The Morgan fingerprint density at radius 1 is 0.912 bits per heavy atom. The maximum absolute atomic E-state index is 13.4. The first-order valence-electron chi connectivity index (χ1n) is 11.6. The molecule has 1 amide bonds. The summed E-state index contributed by atoms with van der Waals surface area (Å²) >= 11 is 0. The molecule has 0 saturated carbocycles. The topological polar surface area (TPSA) is 77.8 Å². The number of benzene rings is 3. The van der Waals surface area contributed by atoms with Crippen molar-refractivity contribution in [2.24, 2.45) is 0 Å². The van der Waals surface area contributed by atoms with E-state index in [1.54, 1.807) is 12.1 Å². The highest BCUT2D eigenvalue weighted by Gasteiger charge is 2.47. The van der Waals surface area contributed by atoms with Crippen molar-refractivity contribution >= 4 is 23.1 Å². The number of ketones is 1. The highest BCUT2D eigenvalue weighted by molar-refractivity contribution is 6.51. The number of phenols is 1. The van der Waals surface area contributed by atoms with E-state index in [0.29, 0.717) is 16.8 Å². The molecule has 5 rings (SSSR count). The van der Waals surface area contributed by atoms with Crippen LogP contribution in [0.4, 0.5) is 5.69 Å². The standard InChI is InChI=1S/C29H27NO4/c1-17-6-5-9-24(18(17)2)30-26(20-12-14-23(31)15-13-20)25(28(33)29(30)34)27(32)22-11-10-19-7-3-4-8-21(19)16-22/h5-6,9-16,26,31-32H,3-4,7-8H2,1-2H3/b27-25-. The molecule has 0 radical (unpaired) electrons. The maximum Gasteiger partial charge on any atom is 0.300 e. The van der Waals surface area contributed by atoms with E-state index in [4.69, 9.17) is 0 Å². The number of hydrogen-bond acceptors (Lipinski definition) is 4. The third kappa shape index (κ3) is 3.58. The smallest absolute Gasteiger partial charge is 0.300 e. The van der Waals surface area contributed by atoms with Gasteiger partial charge >= 0.3 is 0 Å². The van der Waals surface area contributed by atoms with E-state index < -0.39 is 17.7 Å². The van der Waals surface area contributed by atoms with Crippen molar-refractivity contribution in [3.8, 4) is 5.75 Å². The van der Waals surface area contributed by atoms with Gasteiger partial charge in [-0.3, -0.25) is 14.5 Å². The van der Waals surface area contributed by atoms with E-state index in [9.17, 15) is 19.8 Å². The molecule has 34 heavy (non-hydrogen) atoms. The van der Waals surface area contributed by atoms with Crippen molar-refractivity contribution in [3.63, 3.8) is 0 Å². The number of hydrogen-bond donors (Lipinski definition) is 2. The molecule has 5 heteroatoms. The first-order chi connectivity index (χ1) is 16.4. The number of Topliss-reactive ketones (excluding diaryl/α,β-unsaturated/α-hetero) is 1. The molecule has 2 aliphatic rings. The molecule has 1 aliphatic heterocycles. The van der Waals surface area contributed by atoms with Crippen LogP contribution in [0.15, 0.2) is 66.2 Å². The zero-order chi connectivity index (χ0) is 24.0. The van der Waals surface area contributed by atoms with Gasteiger partial charge < -0.3 is 10.2 Å². The summed E-state index contributed by atoms with van der Waals surface area (Å²) in [5.74, 6) is -1.47. The fourth-order valence-electron chi connectivity index (χ4n) is 5.09. The largest absolute Gasteiger partial charge is 0.508 e. The minimum atomic E-state index is -0.808. The lowest BCUT2D eigenvalue weighted by Crippen LogP contribution is -2.30. The summed E-state index contributed by atoms with van der Waals surface area (Å²) in [5.41, 5.74) is 6.22. The number of aliphatic hydroxyl groups is 1. The molecular weight excluding hydrogens is 426 g/mol. The number of amides is 1. The molecule has 1 aliphatic carbocycles. The lowest BCUT2D eigenvalue weighted by molar-refractivity contribution is -0.132. The molecule has 5 nitrogen and oxygen atoms in total. The van der Waals surface area contributed by atoms with Crippen LogP contribution in [0.2, 0.25) is 0 Å². The molecule has 0 spiro atoms. The van der Waals surface area contributed by atoms with Crippen LogP contribution in [0.3, 0.4) is 0 Å². The second kappa shape index (κ2) is 8.49. The predicted octanol–water partition coefficient (Wildman–Crippen LogP) is 5.51. The van der Waals surface area contributed by atoms with Gasteiger partial charge in [0.25, 0.3) is 11.7 Å². The third-order valence-electron chi connectivity index (χ3n) is 7.11. The molecule has 172 valence electrons. The average Bonchev–Trinajstić information content (AvgIpc) is 3.11. The number of phenolic OH excluding ortho intramolecular Hbond substituents is 1. The molecule has 1 heterocycles. The number of aryl methyl sites for hydroxylation is 3. The number of carbonyl (C=O) groups excluding carboxylic acids is 2. The lowest BCUT2D eigenvalue weighted by atomic mass is 9.88. The first kappa shape index (κ1) is 22.0. The summed E-state index contributed by atoms with van der Waals surface area (Å²) < 4.78 is 0. The van der Waals surface area contributed by atoms with E-state index in [-0.39, 0.29) is 17.1 Å². The van der Waals surface area contributed by atoms with E-state index in [0.717, 1.165) is 36.8 Å². The van der Waals surface area contributed by atoms with Gasteiger partial charge in [-0.25, -0.2) is 0 Å². The average molecular weight is 454 g/mol. The van der Waals surface area contributed by atoms with Gasteiger partial charge in [-0.05, 0) is 91.6 Å². The molecule has 3 aromatic rings. The number of rotatable bonds is 3. The molecule has 0 aromatic heterocycles. The van der Waals surface area contributed by atoms with Crippen LogP contribution >= 0.6 is 0 Å². The minimum Gasteiger partial charge on any atom is -0.508 e. The van der Waals surface area contributed by atoms with Crippen LogP contribution in [0.5, 0.6) is 5.75 Å². The van der Waals surface area contributed by atoms with Gasteiger partial charge in [0, 0.05) is 11.3 Å². The zero-order valence-corrected chi connectivity index (χ0v) is 19.3. The Hall–Kier alpha value is -3.86. The Bertz CT molecular complexity index is 1340. The molecule has 2 N–H and O–H groups in total. The van der Waals surface area contributed by atoms with Gasteiger partial charge in [-0.1, -0.05) is 36.4 Å². The third-order valence-corrected chi connectivity index (χ3v) is 7.11. The summed E-state index contributed by atoms with van der Waals surface area (Å²) in [6.07, 6.45) is 4.21. The van der Waals surface area contributed by atoms with Gasteiger partial charge in [-0.15, -0.1) is 0 Å². The SMILES string of the molecule is Cc1cccc(N2C(=O)C(=O)/C(=C(\O)c3ccc4c(c3)CCCC4)C2c2ccc(O)cc2)c1C. The Labute approximate surface area is 199 Å².